The molecule has 0 aliphatic carbocycles. The number of rotatable bonds is 1. The number of carbonyl (C=O) groups excluding carboxylic acids is 1. The molecule has 1 amide bonds. The van der Waals surface area contributed by atoms with E-state index in [1.807, 2.05) is 4.90 Å². The Hall–Kier alpha value is -1.71. The van der Waals surface area contributed by atoms with Crippen LogP contribution in [0.15, 0.2) is 18.2 Å². The summed E-state index contributed by atoms with van der Waals surface area (Å²) in [7, 11) is 0. The van der Waals surface area contributed by atoms with Crippen LogP contribution in [0.2, 0.25) is 0 Å². The molecule has 1 aliphatic heterocycles. The summed E-state index contributed by atoms with van der Waals surface area (Å²) in [4.78, 5) is 14.2. The number of hydrogen-bond donors (Lipinski definition) is 2. The molecular formula is C13H19N3O. The van der Waals surface area contributed by atoms with Crippen LogP contribution in [0.3, 0.4) is 0 Å². The topological polar surface area (TPSA) is 72.3 Å². The maximum absolute atomic E-state index is 12.3. The zero-order valence-corrected chi connectivity index (χ0v) is 10.1. The lowest BCUT2D eigenvalue weighted by Crippen LogP contribution is -2.39. The highest BCUT2D eigenvalue weighted by atomic mass is 16.2. The largest absolute Gasteiger partial charge is 0.399 e. The molecule has 1 unspecified atom stereocenters. The molecule has 0 spiro atoms. The lowest BCUT2D eigenvalue weighted by atomic mass is 9.99. The van der Waals surface area contributed by atoms with Gasteiger partial charge in [-0.2, -0.15) is 0 Å². The molecule has 0 aromatic heterocycles. The Morgan fingerprint density at radius 3 is 2.53 bits per heavy atom. The first kappa shape index (κ1) is 11.8. The second kappa shape index (κ2) is 4.65. The van der Waals surface area contributed by atoms with E-state index >= 15 is 0 Å². The predicted octanol–water partition coefficient (Wildman–Crippen LogP) is 1.72. The van der Waals surface area contributed by atoms with Crippen molar-refractivity contribution in [1.82, 2.24) is 4.90 Å². The molecule has 1 atom stereocenters. The third kappa shape index (κ3) is 2.70. The Labute approximate surface area is 102 Å². The number of hydrogen-bond acceptors (Lipinski definition) is 3. The van der Waals surface area contributed by atoms with Gasteiger partial charge in [-0.15, -0.1) is 0 Å². The average Bonchev–Trinajstić information content (AvgIpc) is 2.26. The van der Waals surface area contributed by atoms with Gasteiger partial charge in [0.1, 0.15) is 0 Å². The van der Waals surface area contributed by atoms with E-state index in [1.165, 1.54) is 6.42 Å². The SMILES string of the molecule is CC1CCCN(C(=O)c2cc(N)cc(N)c2)C1. The van der Waals surface area contributed by atoms with Crippen LogP contribution in [-0.2, 0) is 0 Å². The monoisotopic (exact) mass is 233 g/mol. The van der Waals surface area contributed by atoms with Crippen LogP contribution in [0.5, 0.6) is 0 Å². The highest BCUT2D eigenvalue weighted by Gasteiger charge is 2.22. The number of nitrogens with two attached hydrogens (primary N) is 2. The lowest BCUT2D eigenvalue weighted by molar-refractivity contribution is 0.0683. The quantitative estimate of drug-likeness (QED) is 0.725. The van der Waals surface area contributed by atoms with Gasteiger partial charge >= 0.3 is 0 Å². The Kier molecular flexibility index (Phi) is 3.22. The van der Waals surface area contributed by atoms with E-state index in [-0.39, 0.29) is 5.91 Å². The van der Waals surface area contributed by atoms with Crippen molar-refractivity contribution >= 4 is 17.3 Å². The van der Waals surface area contributed by atoms with E-state index in [0.717, 1.165) is 19.5 Å². The van der Waals surface area contributed by atoms with Gasteiger partial charge in [0.15, 0.2) is 0 Å². The van der Waals surface area contributed by atoms with E-state index in [1.54, 1.807) is 18.2 Å². The molecule has 4 nitrogen and oxygen atoms in total. The molecule has 1 aliphatic rings. The molecule has 0 radical (unpaired) electrons. The number of benzene rings is 1. The van der Waals surface area contributed by atoms with Gasteiger partial charge in [0.2, 0.25) is 0 Å². The Morgan fingerprint density at radius 1 is 1.29 bits per heavy atom. The normalized spacial score (nSPS) is 20.3. The maximum atomic E-state index is 12.3. The van der Waals surface area contributed by atoms with Crippen LogP contribution in [0.1, 0.15) is 30.1 Å². The zero-order chi connectivity index (χ0) is 12.4. The molecule has 1 aromatic rings. The average molecular weight is 233 g/mol. The van der Waals surface area contributed by atoms with Gasteiger partial charge in [0.25, 0.3) is 5.91 Å². The molecule has 4 heteroatoms. The minimum Gasteiger partial charge on any atom is -0.399 e. The lowest BCUT2D eigenvalue weighted by Gasteiger charge is -2.31. The summed E-state index contributed by atoms with van der Waals surface area (Å²) in [6.45, 7) is 3.83. The fraction of sp³-hybridized carbons (Fsp3) is 0.462. The summed E-state index contributed by atoms with van der Waals surface area (Å²) in [6.07, 6.45) is 2.27. The van der Waals surface area contributed by atoms with Crippen molar-refractivity contribution in [2.75, 3.05) is 24.6 Å². The first-order valence-corrected chi connectivity index (χ1v) is 6.01. The Bertz CT molecular complexity index is 410. The van der Waals surface area contributed by atoms with Gasteiger partial charge in [0, 0.05) is 30.0 Å². The van der Waals surface area contributed by atoms with E-state index in [2.05, 4.69) is 6.92 Å². The summed E-state index contributed by atoms with van der Waals surface area (Å²) in [6, 6.07) is 5.05. The van der Waals surface area contributed by atoms with Crippen molar-refractivity contribution in [3.05, 3.63) is 23.8 Å². The summed E-state index contributed by atoms with van der Waals surface area (Å²) in [5.74, 6) is 0.613. The van der Waals surface area contributed by atoms with Gasteiger partial charge < -0.3 is 16.4 Å². The van der Waals surface area contributed by atoms with Crippen LogP contribution in [0.25, 0.3) is 0 Å². The standard InChI is InChI=1S/C13H19N3O/c1-9-3-2-4-16(8-9)13(17)10-5-11(14)7-12(15)6-10/h5-7,9H,2-4,8,14-15H2,1H3. The number of amides is 1. The molecule has 1 fully saturated rings. The summed E-state index contributed by atoms with van der Waals surface area (Å²) in [5, 5.41) is 0. The van der Waals surface area contributed by atoms with Crippen LogP contribution >= 0.6 is 0 Å². The van der Waals surface area contributed by atoms with Gasteiger partial charge in [-0.1, -0.05) is 6.92 Å². The molecule has 4 N–H and O–H groups in total. The molecule has 0 saturated carbocycles. The highest BCUT2D eigenvalue weighted by Crippen LogP contribution is 2.20. The summed E-state index contributed by atoms with van der Waals surface area (Å²) < 4.78 is 0. The fourth-order valence-electron chi connectivity index (χ4n) is 2.36. The van der Waals surface area contributed by atoms with Crippen molar-refractivity contribution in [3.63, 3.8) is 0 Å². The van der Waals surface area contributed by atoms with Crippen molar-refractivity contribution in [3.8, 4) is 0 Å². The highest BCUT2D eigenvalue weighted by molar-refractivity contribution is 5.96. The zero-order valence-electron chi connectivity index (χ0n) is 10.1. The summed E-state index contributed by atoms with van der Waals surface area (Å²) >= 11 is 0. The number of carbonyl (C=O) groups is 1. The summed E-state index contributed by atoms with van der Waals surface area (Å²) in [5.41, 5.74) is 13.1. The van der Waals surface area contributed by atoms with Crippen LogP contribution in [0.4, 0.5) is 11.4 Å². The molecule has 0 bridgehead atoms. The minimum atomic E-state index is 0.0375. The van der Waals surface area contributed by atoms with E-state index in [9.17, 15) is 4.79 Å². The third-order valence-corrected chi connectivity index (χ3v) is 3.17. The van der Waals surface area contributed by atoms with Crippen LogP contribution < -0.4 is 11.5 Å². The third-order valence-electron chi connectivity index (χ3n) is 3.17. The molecular weight excluding hydrogens is 214 g/mol. The van der Waals surface area contributed by atoms with Gasteiger partial charge in [-0.3, -0.25) is 4.79 Å². The molecule has 92 valence electrons. The van der Waals surface area contributed by atoms with Gasteiger partial charge in [0.05, 0.1) is 0 Å². The van der Waals surface area contributed by atoms with E-state index in [4.69, 9.17) is 11.5 Å². The van der Waals surface area contributed by atoms with Crippen molar-refractivity contribution in [2.45, 2.75) is 19.8 Å². The number of nitrogen functional groups attached to an aromatic ring is 2. The molecule has 1 saturated heterocycles. The second-order valence-electron chi connectivity index (χ2n) is 4.89. The van der Waals surface area contributed by atoms with Gasteiger partial charge in [-0.05, 0) is 37.0 Å². The maximum Gasteiger partial charge on any atom is 0.254 e. The first-order valence-electron chi connectivity index (χ1n) is 6.01. The number of nitrogens with zero attached hydrogens (tertiary/aromatic N) is 1. The van der Waals surface area contributed by atoms with Crippen LogP contribution in [0, 0.1) is 5.92 Å². The first-order chi connectivity index (χ1) is 8.06. The van der Waals surface area contributed by atoms with Crippen molar-refractivity contribution in [2.24, 2.45) is 5.92 Å². The van der Waals surface area contributed by atoms with Gasteiger partial charge in [-0.25, -0.2) is 0 Å². The van der Waals surface area contributed by atoms with E-state index < -0.39 is 0 Å². The number of likely N-dealkylation sites (tertiary alicyclic amines) is 1. The fourth-order valence-corrected chi connectivity index (χ4v) is 2.36. The van der Waals surface area contributed by atoms with Crippen molar-refractivity contribution in [1.29, 1.82) is 0 Å². The van der Waals surface area contributed by atoms with E-state index in [0.29, 0.717) is 22.9 Å². The van der Waals surface area contributed by atoms with Crippen molar-refractivity contribution < 1.29 is 4.79 Å². The molecule has 2 rings (SSSR count). The molecule has 1 heterocycles. The molecule has 17 heavy (non-hydrogen) atoms. The smallest absolute Gasteiger partial charge is 0.254 e. The van der Waals surface area contributed by atoms with Crippen LogP contribution in [-0.4, -0.2) is 23.9 Å². The molecule has 1 aromatic carbocycles. The second-order valence-corrected chi connectivity index (χ2v) is 4.89. The Morgan fingerprint density at radius 2 is 1.94 bits per heavy atom. The number of piperidine rings is 1. The number of anilines is 2. The predicted molar refractivity (Wildman–Crippen MR) is 69.6 cm³/mol. The minimum absolute atomic E-state index is 0.0375. The Balaban J connectivity index is 2.18.